The third kappa shape index (κ3) is 3.72. The van der Waals surface area contributed by atoms with Gasteiger partial charge >= 0.3 is 12.0 Å². The number of carbonyl (C=O) groups is 2. The fourth-order valence-electron chi connectivity index (χ4n) is 1.92. The van der Waals surface area contributed by atoms with Crippen LogP contribution < -0.4 is 0 Å². The number of hydrogen-bond donors (Lipinski definition) is 1. The second kappa shape index (κ2) is 5.72. The molecule has 92 valence electrons. The van der Waals surface area contributed by atoms with Gasteiger partial charge in [-0.15, -0.1) is 0 Å². The molecule has 16 heavy (non-hydrogen) atoms. The number of nitrogens with zero attached hydrogens (tertiary/aromatic N) is 2. The van der Waals surface area contributed by atoms with Gasteiger partial charge in [0.1, 0.15) is 6.54 Å². The number of amides is 2. The first kappa shape index (κ1) is 12.8. The summed E-state index contributed by atoms with van der Waals surface area (Å²) in [5, 5.41) is 8.78. The second-order valence-electron chi connectivity index (χ2n) is 4.64. The minimum atomic E-state index is -0.951. The molecule has 0 aromatic rings. The molecule has 1 heterocycles. The van der Waals surface area contributed by atoms with Crippen LogP contribution in [0.1, 0.15) is 26.7 Å². The molecule has 0 aliphatic carbocycles. The lowest BCUT2D eigenvalue weighted by Gasteiger charge is -2.27. The highest BCUT2D eigenvalue weighted by molar-refractivity contribution is 5.80. The van der Waals surface area contributed by atoms with Crippen molar-refractivity contribution < 1.29 is 14.7 Å². The number of carboxylic acids is 1. The fourth-order valence-corrected chi connectivity index (χ4v) is 1.92. The Bertz CT molecular complexity index is 260. The van der Waals surface area contributed by atoms with Gasteiger partial charge in [-0.3, -0.25) is 4.79 Å². The Morgan fingerprint density at radius 3 is 2.31 bits per heavy atom. The van der Waals surface area contributed by atoms with E-state index in [2.05, 4.69) is 0 Å². The molecular weight excluding hydrogens is 208 g/mol. The summed E-state index contributed by atoms with van der Waals surface area (Å²) in [7, 11) is 0. The van der Waals surface area contributed by atoms with Crippen LogP contribution in [0.25, 0.3) is 0 Å². The van der Waals surface area contributed by atoms with Crippen molar-refractivity contribution in [2.24, 2.45) is 5.92 Å². The summed E-state index contributed by atoms with van der Waals surface area (Å²) in [6.45, 7) is 5.77. The predicted molar refractivity (Wildman–Crippen MR) is 60.2 cm³/mol. The van der Waals surface area contributed by atoms with Crippen LogP contribution in [0.2, 0.25) is 0 Å². The maximum atomic E-state index is 12.0. The number of carbonyl (C=O) groups excluding carboxylic acids is 1. The van der Waals surface area contributed by atoms with Gasteiger partial charge < -0.3 is 14.9 Å². The summed E-state index contributed by atoms with van der Waals surface area (Å²) >= 11 is 0. The number of carboxylic acid groups (broad SMARTS) is 1. The van der Waals surface area contributed by atoms with E-state index in [-0.39, 0.29) is 18.5 Å². The monoisotopic (exact) mass is 228 g/mol. The van der Waals surface area contributed by atoms with Crippen molar-refractivity contribution in [1.29, 1.82) is 0 Å². The zero-order valence-corrected chi connectivity index (χ0v) is 9.98. The van der Waals surface area contributed by atoms with Crippen molar-refractivity contribution in [2.75, 3.05) is 26.2 Å². The average molecular weight is 228 g/mol. The van der Waals surface area contributed by atoms with Gasteiger partial charge in [0.25, 0.3) is 0 Å². The summed E-state index contributed by atoms with van der Waals surface area (Å²) in [5.41, 5.74) is 0. The zero-order chi connectivity index (χ0) is 12.1. The standard InChI is InChI=1S/C11H20N2O3/c1-9(2)7-13(8-10(14)15)11(16)12-5-3-4-6-12/h9H,3-8H2,1-2H3,(H,14,15). The lowest BCUT2D eigenvalue weighted by atomic mass is 10.2. The molecule has 1 fully saturated rings. The van der Waals surface area contributed by atoms with Gasteiger partial charge in [0.15, 0.2) is 0 Å². The average Bonchev–Trinajstić information content (AvgIpc) is 2.66. The summed E-state index contributed by atoms with van der Waals surface area (Å²) in [4.78, 5) is 25.9. The minimum absolute atomic E-state index is 0.131. The summed E-state index contributed by atoms with van der Waals surface area (Å²) < 4.78 is 0. The smallest absolute Gasteiger partial charge is 0.323 e. The van der Waals surface area contributed by atoms with E-state index < -0.39 is 5.97 Å². The van der Waals surface area contributed by atoms with Crippen LogP contribution in [-0.2, 0) is 4.79 Å². The Morgan fingerprint density at radius 2 is 1.88 bits per heavy atom. The molecule has 0 aromatic heterocycles. The molecule has 1 aliphatic heterocycles. The molecule has 0 bridgehead atoms. The molecule has 0 saturated carbocycles. The van der Waals surface area contributed by atoms with Gasteiger partial charge in [0, 0.05) is 19.6 Å². The predicted octanol–water partition coefficient (Wildman–Crippen LogP) is 1.24. The number of rotatable bonds is 4. The lowest BCUT2D eigenvalue weighted by Crippen LogP contribution is -2.45. The van der Waals surface area contributed by atoms with Gasteiger partial charge in [-0.2, -0.15) is 0 Å². The van der Waals surface area contributed by atoms with E-state index in [1.54, 1.807) is 4.90 Å². The van der Waals surface area contributed by atoms with Gasteiger partial charge in [0.2, 0.25) is 0 Å². The molecule has 1 aliphatic rings. The van der Waals surface area contributed by atoms with Crippen LogP contribution in [0.4, 0.5) is 4.79 Å². The number of aliphatic carboxylic acids is 1. The minimum Gasteiger partial charge on any atom is -0.480 e. The topological polar surface area (TPSA) is 60.9 Å². The van der Waals surface area contributed by atoms with Crippen LogP contribution in [0.15, 0.2) is 0 Å². The van der Waals surface area contributed by atoms with Crippen molar-refractivity contribution in [3.63, 3.8) is 0 Å². The Balaban J connectivity index is 2.58. The Hall–Kier alpha value is -1.26. The van der Waals surface area contributed by atoms with Crippen molar-refractivity contribution in [3.05, 3.63) is 0 Å². The number of urea groups is 1. The molecule has 1 saturated heterocycles. The molecule has 0 atom stereocenters. The van der Waals surface area contributed by atoms with Crippen molar-refractivity contribution in [1.82, 2.24) is 9.80 Å². The summed E-state index contributed by atoms with van der Waals surface area (Å²) in [5.74, 6) is -0.667. The third-order valence-corrected chi connectivity index (χ3v) is 2.56. The number of likely N-dealkylation sites (tertiary alicyclic amines) is 1. The Kier molecular flexibility index (Phi) is 4.58. The molecule has 0 spiro atoms. The first-order chi connectivity index (χ1) is 7.50. The zero-order valence-electron chi connectivity index (χ0n) is 9.98. The highest BCUT2D eigenvalue weighted by atomic mass is 16.4. The van der Waals surface area contributed by atoms with Gasteiger partial charge in [0.05, 0.1) is 0 Å². The molecule has 1 N–H and O–H groups in total. The van der Waals surface area contributed by atoms with E-state index in [9.17, 15) is 9.59 Å². The van der Waals surface area contributed by atoms with E-state index in [1.807, 2.05) is 13.8 Å². The van der Waals surface area contributed by atoms with Crippen molar-refractivity contribution in [2.45, 2.75) is 26.7 Å². The molecule has 0 unspecified atom stereocenters. The van der Waals surface area contributed by atoms with E-state index in [0.29, 0.717) is 6.54 Å². The largest absolute Gasteiger partial charge is 0.480 e. The van der Waals surface area contributed by atoms with Crippen LogP contribution in [-0.4, -0.2) is 53.1 Å². The molecule has 5 nitrogen and oxygen atoms in total. The highest BCUT2D eigenvalue weighted by Crippen LogP contribution is 2.11. The maximum absolute atomic E-state index is 12.0. The van der Waals surface area contributed by atoms with Gasteiger partial charge in [-0.1, -0.05) is 13.8 Å². The van der Waals surface area contributed by atoms with Crippen LogP contribution in [0.5, 0.6) is 0 Å². The molecular formula is C11H20N2O3. The van der Waals surface area contributed by atoms with Crippen LogP contribution >= 0.6 is 0 Å². The normalized spacial score (nSPS) is 15.6. The van der Waals surface area contributed by atoms with Crippen LogP contribution in [0, 0.1) is 5.92 Å². The van der Waals surface area contributed by atoms with Crippen LogP contribution in [0.3, 0.4) is 0 Å². The quantitative estimate of drug-likeness (QED) is 0.787. The molecule has 1 rings (SSSR count). The molecule has 5 heteroatoms. The summed E-state index contributed by atoms with van der Waals surface area (Å²) in [6, 6.07) is -0.131. The van der Waals surface area contributed by atoms with Gasteiger partial charge in [-0.25, -0.2) is 4.79 Å². The Morgan fingerprint density at radius 1 is 1.31 bits per heavy atom. The first-order valence-electron chi connectivity index (χ1n) is 5.76. The van der Waals surface area contributed by atoms with Crippen molar-refractivity contribution >= 4 is 12.0 Å². The first-order valence-corrected chi connectivity index (χ1v) is 5.76. The maximum Gasteiger partial charge on any atom is 0.323 e. The van der Waals surface area contributed by atoms with E-state index in [1.165, 1.54) is 4.90 Å². The SMILES string of the molecule is CC(C)CN(CC(=O)O)C(=O)N1CCCC1. The second-order valence-corrected chi connectivity index (χ2v) is 4.64. The third-order valence-electron chi connectivity index (χ3n) is 2.56. The van der Waals surface area contributed by atoms with E-state index in [4.69, 9.17) is 5.11 Å². The lowest BCUT2D eigenvalue weighted by molar-refractivity contribution is -0.137. The van der Waals surface area contributed by atoms with E-state index in [0.717, 1.165) is 25.9 Å². The van der Waals surface area contributed by atoms with E-state index >= 15 is 0 Å². The van der Waals surface area contributed by atoms with Crippen molar-refractivity contribution in [3.8, 4) is 0 Å². The van der Waals surface area contributed by atoms with Gasteiger partial charge in [-0.05, 0) is 18.8 Å². The number of hydrogen-bond acceptors (Lipinski definition) is 2. The Labute approximate surface area is 96.0 Å². The summed E-state index contributed by atoms with van der Waals surface area (Å²) in [6.07, 6.45) is 2.04. The fraction of sp³-hybridized carbons (Fsp3) is 0.818. The molecule has 0 aromatic carbocycles. The molecule has 0 radical (unpaired) electrons. The highest BCUT2D eigenvalue weighted by Gasteiger charge is 2.25. The molecule has 2 amide bonds.